The molecule has 1 unspecified atom stereocenters. The number of rotatable bonds is 8. The zero-order valence-electron chi connectivity index (χ0n) is 13.8. The number of hydrogen-bond acceptors (Lipinski definition) is 4. The summed E-state index contributed by atoms with van der Waals surface area (Å²) in [5, 5.41) is 3.34. The Balaban J connectivity index is 2.69. The zero-order valence-corrected chi connectivity index (χ0v) is 13.8. The molecule has 4 nitrogen and oxygen atoms in total. The van der Waals surface area contributed by atoms with Gasteiger partial charge in [-0.1, -0.05) is 40.5 Å². The molecular weight excluding hydrogens is 252 g/mol. The normalized spacial score (nSPS) is 18.2. The minimum Gasteiger partial charge on any atom is -0.468 e. The van der Waals surface area contributed by atoms with Gasteiger partial charge < -0.3 is 10.1 Å². The van der Waals surface area contributed by atoms with Crippen molar-refractivity contribution in [2.24, 2.45) is 5.92 Å². The summed E-state index contributed by atoms with van der Waals surface area (Å²) in [5.41, 5.74) is 0. The highest BCUT2D eigenvalue weighted by Gasteiger charge is 2.29. The third kappa shape index (κ3) is 5.80. The zero-order chi connectivity index (χ0) is 15.1. The number of methoxy groups -OCH3 is 1. The molecule has 1 aliphatic carbocycles. The maximum Gasteiger partial charge on any atom is 0.324 e. The second-order valence-electron chi connectivity index (χ2n) is 6.68. The molecule has 1 saturated carbocycles. The van der Waals surface area contributed by atoms with E-state index in [0.717, 1.165) is 13.1 Å². The van der Waals surface area contributed by atoms with Gasteiger partial charge in [-0.05, 0) is 18.8 Å². The Bertz CT molecular complexity index is 286. The number of esters is 1. The van der Waals surface area contributed by atoms with Gasteiger partial charge in [-0.25, -0.2) is 0 Å². The quantitative estimate of drug-likeness (QED) is 0.695. The highest BCUT2D eigenvalue weighted by atomic mass is 16.5. The fourth-order valence-electron chi connectivity index (χ4n) is 3.09. The number of carbonyl (C=O) groups excluding carboxylic acids is 1. The highest BCUT2D eigenvalue weighted by Crippen LogP contribution is 2.24. The molecule has 1 rings (SSSR count). The van der Waals surface area contributed by atoms with Crippen LogP contribution in [0.15, 0.2) is 0 Å². The third-order valence-corrected chi connectivity index (χ3v) is 3.88. The van der Waals surface area contributed by atoms with Gasteiger partial charge in [-0.15, -0.1) is 0 Å². The lowest BCUT2D eigenvalue weighted by Crippen LogP contribution is -2.51. The molecule has 0 heterocycles. The Morgan fingerprint density at radius 1 is 1.20 bits per heavy atom. The first-order valence-electron chi connectivity index (χ1n) is 8.02. The summed E-state index contributed by atoms with van der Waals surface area (Å²) in [7, 11) is 1.47. The van der Waals surface area contributed by atoms with Crippen LogP contribution < -0.4 is 5.32 Å². The van der Waals surface area contributed by atoms with Gasteiger partial charge in [0.25, 0.3) is 0 Å². The topological polar surface area (TPSA) is 41.6 Å². The van der Waals surface area contributed by atoms with E-state index in [1.807, 2.05) is 0 Å². The second kappa shape index (κ2) is 8.63. The van der Waals surface area contributed by atoms with Crippen molar-refractivity contribution in [2.75, 3.05) is 20.2 Å². The van der Waals surface area contributed by atoms with Crippen LogP contribution in [0.2, 0.25) is 0 Å². The molecule has 0 amide bonds. The molecule has 0 aromatic carbocycles. The summed E-state index contributed by atoms with van der Waals surface area (Å²) in [6.45, 7) is 10.4. The minimum absolute atomic E-state index is 0.148. The van der Waals surface area contributed by atoms with Gasteiger partial charge in [-0.3, -0.25) is 9.69 Å². The molecule has 0 bridgehead atoms. The number of ether oxygens (including phenoxy) is 1. The van der Waals surface area contributed by atoms with Gasteiger partial charge in [0.2, 0.25) is 0 Å². The summed E-state index contributed by atoms with van der Waals surface area (Å²) in [5.74, 6) is 0.471. The van der Waals surface area contributed by atoms with Gasteiger partial charge >= 0.3 is 5.97 Å². The van der Waals surface area contributed by atoms with Crippen molar-refractivity contribution in [3.63, 3.8) is 0 Å². The van der Waals surface area contributed by atoms with Gasteiger partial charge in [0.05, 0.1) is 7.11 Å². The molecule has 0 aliphatic heterocycles. The van der Waals surface area contributed by atoms with Crippen LogP contribution >= 0.6 is 0 Å². The predicted molar refractivity (Wildman–Crippen MR) is 82.7 cm³/mol. The van der Waals surface area contributed by atoms with E-state index in [1.165, 1.54) is 32.8 Å². The minimum atomic E-state index is -0.223. The molecule has 0 spiro atoms. The van der Waals surface area contributed by atoms with E-state index in [4.69, 9.17) is 4.74 Å². The summed E-state index contributed by atoms with van der Waals surface area (Å²) in [4.78, 5) is 14.5. The third-order valence-electron chi connectivity index (χ3n) is 3.88. The first-order chi connectivity index (χ1) is 9.43. The molecule has 4 heteroatoms. The summed E-state index contributed by atoms with van der Waals surface area (Å²) >= 11 is 0. The summed E-state index contributed by atoms with van der Waals surface area (Å²) < 4.78 is 4.95. The molecule has 0 aromatic rings. The Morgan fingerprint density at radius 3 is 2.25 bits per heavy atom. The van der Waals surface area contributed by atoms with Crippen molar-refractivity contribution in [1.82, 2.24) is 10.2 Å². The van der Waals surface area contributed by atoms with Crippen LogP contribution in [0.4, 0.5) is 0 Å². The first-order valence-corrected chi connectivity index (χ1v) is 8.02. The SMILES string of the molecule is COC(=O)C(CN(CC(C)C)C1CCCC1)NC(C)C. The average Bonchev–Trinajstić information content (AvgIpc) is 2.88. The lowest BCUT2D eigenvalue weighted by atomic mass is 10.1. The number of nitrogens with one attached hydrogen (secondary N) is 1. The van der Waals surface area contributed by atoms with Crippen molar-refractivity contribution in [3.8, 4) is 0 Å². The maximum atomic E-state index is 12.0. The van der Waals surface area contributed by atoms with Crippen LogP contribution in [-0.2, 0) is 9.53 Å². The molecule has 1 aliphatic rings. The Morgan fingerprint density at radius 2 is 1.80 bits per heavy atom. The smallest absolute Gasteiger partial charge is 0.324 e. The number of carbonyl (C=O) groups is 1. The molecule has 0 aromatic heterocycles. The molecule has 118 valence electrons. The molecule has 1 fully saturated rings. The van der Waals surface area contributed by atoms with Crippen LogP contribution in [0.3, 0.4) is 0 Å². The average molecular weight is 284 g/mol. The van der Waals surface area contributed by atoms with Crippen LogP contribution in [-0.4, -0.2) is 49.2 Å². The van der Waals surface area contributed by atoms with E-state index >= 15 is 0 Å². The number of hydrogen-bond donors (Lipinski definition) is 1. The molecule has 0 radical (unpaired) electrons. The molecular formula is C16H32N2O2. The van der Waals surface area contributed by atoms with Crippen molar-refractivity contribution >= 4 is 5.97 Å². The molecule has 0 saturated heterocycles. The van der Waals surface area contributed by atoms with Crippen LogP contribution in [0, 0.1) is 5.92 Å². The Labute approximate surface area is 124 Å². The summed E-state index contributed by atoms with van der Waals surface area (Å²) in [6, 6.07) is 0.696. The van der Waals surface area contributed by atoms with Gasteiger partial charge in [0, 0.05) is 25.2 Å². The van der Waals surface area contributed by atoms with E-state index in [0.29, 0.717) is 12.0 Å². The highest BCUT2D eigenvalue weighted by molar-refractivity contribution is 5.76. The van der Waals surface area contributed by atoms with Gasteiger partial charge in [0.1, 0.15) is 6.04 Å². The van der Waals surface area contributed by atoms with Gasteiger partial charge in [-0.2, -0.15) is 0 Å². The standard InChI is InChI=1S/C16H32N2O2/c1-12(2)10-18(14-8-6-7-9-14)11-15(16(19)20-5)17-13(3)4/h12-15,17H,6-11H2,1-5H3. The predicted octanol–water partition coefficient (Wildman–Crippen LogP) is 2.43. The Hall–Kier alpha value is -0.610. The molecule has 1 atom stereocenters. The van der Waals surface area contributed by atoms with Crippen molar-refractivity contribution < 1.29 is 9.53 Å². The van der Waals surface area contributed by atoms with E-state index < -0.39 is 0 Å². The second-order valence-corrected chi connectivity index (χ2v) is 6.68. The van der Waals surface area contributed by atoms with E-state index in [1.54, 1.807) is 0 Å². The molecule has 20 heavy (non-hydrogen) atoms. The van der Waals surface area contributed by atoms with Crippen LogP contribution in [0.1, 0.15) is 53.4 Å². The van der Waals surface area contributed by atoms with E-state index in [2.05, 4.69) is 37.9 Å². The van der Waals surface area contributed by atoms with Crippen molar-refractivity contribution in [3.05, 3.63) is 0 Å². The molecule has 1 N–H and O–H groups in total. The van der Waals surface area contributed by atoms with E-state index in [9.17, 15) is 4.79 Å². The lowest BCUT2D eigenvalue weighted by molar-refractivity contribution is -0.144. The van der Waals surface area contributed by atoms with Crippen LogP contribution in [0.5, 0.6) is 0 Å². The van der Waals surface area contributed by atoms with Crippen molar-refractivity contribution in [1.29, 1.82) is 0 Å². The van der Waals surface area contributed by atoms with Gasteiger partial charge in [0.15, 0.2) is 0 Å². The summed E-state index contributed by atoms with van der Waals surface area (Å²) in [6.07, 6.45) is 5.17. The Kier molecular flexibility index (Phi) is 7.52. The monoisotopic (exact) mass is 284 g/mol. The largest absolute Gasteiger partial charge is 0.468 e. The van der Waals surface area contributed by atoms with Crippen LogP contribution in [0.25, 0.3) is 0 Å². The van der Waals surface area contributed by atoms with E-state index in [-0.39, 0.29) is 18.1 Å². The fraction of sp³-hybridized carbons (Fsp3) is 0.938. The first kappa shape index (κ1) is 17.4. The van der Waals surface area contributed by atoms with Crippen molar-refractivity contribution in [2.45, 2.75) is 71.5 Å². The lowest BCUT2D eigenvalue weighted by Gasteiger charge is -2.33. The number of nitrogens with zero attached hydrogens (tertiary/aromatic N) is 1. The maximum absolute atomic E-state index is 12.0. The fourth-order valence-corrected chi connectivity index (χ4v) is 3.09.